The molecule has 1 aromatic carbocycles. The van der Waals surface area contributed by atoms with Crippen LogP contribution in [0.25, 0.3) is 0 Å². The van der Waals surface area contributed by atoms with Gasteiger partial charge in [0.15, 0.2) is 14.6 Å². The summed E-state index contributed by atoms with van der Waals surface area (Å²) in [6.07, 6.45) is 0.395. The van der Waals surface area contributed by atoms with Crippen molar-refractivity contribution >= 4 is 9.84 Å². The predicted molar refractivity (Wildman–Crippen MR) is 68.6 cm³/mol. The van der Waals surface area contributed by atoms with Gasteiger partial charge in [0, 0.05) is 26.1 Å². The highest BCUT2D eigenvalue weighted by molar-refractivity contribution is 7.93. The van der Waals surface area contributed by atoms with Crippen molar-refractivity contribution in [3.8, 4) is 11.8 Å². The van der Waals surface area contributed by atoms with E-state index in [-0.39, 0.29) is 31.0 Å². The summed E-state index contributed by atoms with van der Waals surface area (Å²) in [6.45, 7) is 0.577. The maximum absolute atomic E-state index is 12.7. The van der Waals surface area contributed by atoms with Gasteiger partial charge >= 0.3 is 0 Å². The molecule has 0 amide bonds. The van der Waals surface area contributed by atoms with E-state index in [1.807, 2.05) is 6.07 Å². The molecule has 1 saturated heterocycles. The first-order valence-electron chi connectivity index (χ1n) is 5.93. The van der Waals surface area contributed by atoms with Crippen molar-refractivity contribution in [2.75, 3.05) is 20.3 Å². The van der Waals surface area contributed by atoms with Crippen molar-refractivity contribution in [3.63, 3.8) is 0 Å². The van der Waals surface area contributed by atoms with Crippen LogP contribution in [-0.4, -0.2) is 33.5 Å². The van der Waals surface area contributed by atoms with Gasteiger partial charge in [0.2, 0.25) is 0 Å². The highest BCUT2D eigenvalue weighted by Gasteiger charge is 2.46. The molecule has 0 spiro atoms. The Bertz CT molecular complexity index is 597. The molecule has 0 aromatic heterocycles. The van der Waals surface area contributed by atoms with E-state index in [9.17, 15) is 13.7 Å². The van der Waals surface area contributed by atoms with Crippen LogP contribution < -0.4 is 4.74 Å². The van der Waals surface area contributed by atoms with Crippen molar-refractivity contribution in [1.29, 1.82) is 5.26 Å². The minimum Gasteiger partial charge on any atom is -0.497 e. The van der Waals surface area contributed by atoms with E-state index in [1.54, 1.807) is 12.1 Å². The number of sulfone groups is 1. The smallest absolute Gasteiger partial charge is 0.197 e. The Balaban J connectivity index is 2.48. The standard InChI is InChI=1S/C13H15NO4S/c1-17-11-3-2-4-12(9-11)19(15,16)13(10-14)5-7-18-8-6-13/h2-4,9H,5-8H2,1H3. The van der Waals surface area contributed by atoms with E-state index in [0.717, 1.165) is 0 Å². The number of rotatable bonds is 3. The van der Waals surface area contributed by atoms with Crippen LogP contribution in [0, 0.1) is 11.3 Å². The number of hydrogen-bond donors (Lipinski definition) is 0. The topological polar surface area (TPSA) is 76.4 Å². The van der Waals surface area contributed by atoms with Gasteiger partial charge in [0.05, 0.1) is 18.1 Å². The molecule has 0 aliphatic carbocycles. The molecule has 0 atom stereocenters. The number of nitrogens with zero attached hydrogens (tertiary/aromatic N) is 1. The molecule has 0 bridgehead atoms. The lowest BCUT2D eigenvalue weighted by Gasteiger charge is -2.30. The maximum atomic E-state index is 12.7. The number of methoxy groups -OCH3 is 1. The summed E-state index contributed by atoms with van der Waals surface area (Å²) < 4.78 is 34.2. The summed E-state index contributed by atoms with van der Waals surface area (Å²) in [5.74, 6) is 0.459. The van der Waals surface area contributed by atoms with Gasteiger partial charge in [-0.15, -0.1) is 0 Å². The minimum atomic E-state index is -3.73. The van der Waals surface area contributed by atoms with E-state index in [2.05, 4.69) is 0 Å². The first-order chi connectivity index (χ1) is 9.05. The molecule has 6 heteroatoms. The molecule has 2 rings (SSSR count). The lowest BCUT2D eigenvalue weighted by atomic mass is 10.0. The Labute approximate surface area is 112 Å². The summed E-state index contributed by atoms with van der Waals surface area (Å²) >= 11 is 0. The minimum absolute atomic E-state index is 0.121. The van der Waals surface area contributed by atoms with Crippen LogP contribution in [-0.2, 0) is 14.6 Å². The van der Waals surface area contributed by atoms with Gasteiger partial charge in [0.1, 0.15) is 5.75 Å². The third-order valence-corrected chi connectivity index (χ3v) is 5.77. The van der Waals surface area contributed by atoms with E-state index < -0.39 is 14.6 Å². The van der Waals surface area contributed by atoms with Gasteiger partial charge in [-0.2, -0.15) is 5.26 Å². The second kappa shape index (κ2) is 5.19. The van der Waals surface area contributed by atoms with E-state index in [1.165, 1.54) is 19.2 Å². The molecular formula is C13H15NO4S. The molecule has 5 nitrogen and oxygen atoms in total. The molecule has 0 unspecified atom stereocenters. The van der Waals surface area contributed by atoms with Crippen molar-refractivity contribution in [2.45, 2.75) is 22.5 Å². The van der Waals surface area contributed by atoms with Gasteiger partial charge in [-0.1, -0.05) is 6.07 Å². The molecule has 1 aliphatic heterocycles. The van der Waals surface area contributed by atoms with Crippen molar-refractivity contribution in [3.05, 3.63) is 24.3 Å². The molecule has 1 aliphatic rings. The first kappa shape index (κ1) is 13.8. The summed E-state index contributed by atoms with van der Waals surface area (Å²) in [6, 6.07) is 8.20. The molecule has 0 saturated carbocycles. The molecule has 19 heavy (non-hydrogen) atoms. The van der Waals surface area contributed by atoms with Gasteiger partial charge in [-0.05, 0) is 18.2 Å². The second-order valence-corrected chi connectivity index (χ2v) is 6.66. The van der Waals surface area contributed by atoms with E-state index in [4.69, 9.17) is 9.47 Å². The average Bonchev–Trinajstić information content (AvgIpc) is 2.47. The Morgan fingerprint density at radius 1 is 1.37 bits per heavy atom. The lowest BCUT2D eigenvalue weighted by molar-refractivity contribution is 0.0863. The van der Waals surface area contributed by atoms with Crippen LogP contribution in [0.1, 0.15) is 12.8 Å². The fourth-order valence-electron chi connectivity index (χ4n) is 2.14. The fraction of sp³-hybridized carbons (Fsp3) is 0.462. The number of nitriles is 1. The maximum Gasteiger partial charge on any atom is 0.197 e. The monoisotopic (exact) mass is 281 g/mol. The van der Waals surface area contributed by atoms with Crippen LogP contribution in [0.15, 0.2) is 29.2 Å². The quantitative estimate of drug-likeness (QED) is 0.840. The first-order valence-corrected chi connectivity index (χ1v) is 7.42. The summed E-state index contributed by atoms with van der Waals surface area (Å²) in [5.41, 5.74) is 0. The Hall–Kier alpha value is -1.58. The summed E-state index contributed by atoms with van der Waals surface area (Å²) in [4.78, 5) is 0.121. The van der Waals surface area contributed by atoms with E-state index >= 15 is 0 Å². The highest BCUT2D eigenvalue weighted by Crippen LogP contribution is 2.35. The molecule has 1 heterocycles. The average molecular weight is 281 g/mol. The van der Waals surface area contributed by atoms with Gasteiger partial charge in [0.25, 0.3) is 0 Å². The number of benzene rings is 1. The molecule has 102 valence electrons. The zero-order chi connectivity index (χ0) is 13.9. The van der Waals surface area contributed by atoms with Crippen LogP contribution in [0.2, 0.25) is 0 Å². The van der Waals surface area contributed by atoms with Crippen LogP contribution in [0.4, 0.5) is 0 Å². The van der Waals surface area contributed by atoms with Gasteiger partial charge in [-0.3, -0.25) is 0 Å². The highest BCUT2D eigenvalue weighted by atomic mass is 32.2. The molecule has 0 radical (unpaired) electrons. The van der Waals surface area contributed by atoms with Crippen LogP contribution >= 0.6 is 0 Å². The van der Waals surface area contributed by atoms with Crippen LogP contribution in [0.5, 0.6) is 5.75 Å². The van der Waals surface area contributed by atoms with Crippen molar-refractivity contribution in [1.82, 2.24) is 0 Å². The summed E-state index contributed by atoms with van der Waals surface area (Å²) in [5, 5.41) is 9.35. The van der Waals surface area contributed by atoms with E-state index in [0.29, 0.717) is 5.75 Å². The molecular weight excluding hydrogens is 266 g/mol. The third-order valence-electron chi connectivity index (χ3n) is 3.37. The van der Waals surface area contributed by atoms with Crippen molar-refractivity contribution in [2.24, 2.45) is 0 Å². The van der Waals surface area contributed by atoms with Crippen LogP contribution in [0.3, 0.4) is 0 Å². The number of ether oxygens (including phenoxy) is 2. The predicted octanol–water partition coefficient (Wildman–Crippen LogP) is 1.54. The Kier molecular flexibility index (Phi) is 3.78. The lowest BCUT2D eigenvalue weighted by Crippen LogP contribution is -2.42. The summed E-state index contributed by atoms with van der Waals surface area (Å²) in [7, 11) is -2.25. The van der Waals surface area contributed by atoms with Gasteiger partial charge in [-0.25, -0.2) is 8.42 Å². The van der Waals surface area contributed by atoms with Crippen molar-refractivity contribution < 1.29 is 17.9 Å². The Morgan fingerprint density at radius 2 is 2.05 bits per heavy atom. The number of hydrogen-bond acceptors (Lipinski definition) is 5. The zero-order valence-corrected chi connectivity index (χ0v) is 11.4. The fourth-order valence-corrected chi connectivity index (χ4v) is 3.94. The largest absolute Gasteiger partial charge is 0.497 e. The second-order valence-electron chi connectivity index (χ2n) is 4.40. The SMILES string of the molecule is COc1cccc(S(=O)(=O)C2(C#N)CCOCC2)c1. The molecule has 1 fully saturated rings. The molecule has 1 aromatic rings. The zero-order valence-electron chi connectivity index (χ0n) is 10.6. The third kappa shape index (κ3) is 2.31. The normalized spacial score (nSPS) is 18.5. The van der Waals surface area contributed by atoms with Gasteiger partial charge < -0.3 is 9.47 Å². The Morgan fingerprint density at radius 3 is 2.63 bits per heavy atom. The molecule has 0 N–H and O–H groups in total.